The van der Waals surface area contributed by atoms with Gasteiger partial charge in [0.2, 0.25) is 0 Å². The smallest absolute Gasteiger partial charge is 0.418 e. The van der Waals surface area contributed by atoms with Crippen molar-refractivity contribution >= 4 is 10.8 Å². The van der Waals surface area contributed by atoms with Crippen LogP contribution >= 0.6 is 0 Å². The van der Waals surface area contributed by atoms with Crippen LogP contribution in [0.3, 0.4) is 0 Å². The van der Waals surface area contributed by atoms with Crippen molar-refractivity contribution in [1.29, 1.82) is 0 Å². The third-order valence-electron chi connectivity index (χ3n) is 4.50. The molecule has 0 radical (unpaired) electrons. The Hall–Kier alpha value is -3.28. The number of para-hydroxylation sites is 1. The summed E-state index contributed by atoms with van der Waals surface area (Å²) in [4.78, 5) is 0. The molecule has 0 bridgehead atoms. The van der Waals surface area contributed by atoms with Crippen LogP contribution in [0.1, 0.15) is 11.3 Å². The maximum Gasteiger partial charge on any atom is 0.418 e. The predicted octanol–water partition coefficient (Wildman–Crippen LogP) is 5.73. The van der Waals surface area contributed by atoms with Crippen LogP contribution in [0.5, 0.6) is 5.75 Å². The van der Waals surface area contributed by atoms with E-state index in [0.717, 1.165) is 11.5 Å². The third-order valence-corrected chi connectivity index (χ3v) is 4.50. The molecule has 27 heavy (non-hydrogen) atoms. The molecular weight excluding hydrogens is 353 g/mol. The Bertz CT molecular complexity index is 1150. The van der Waals surface area contributed by atoms with Gasteiger partial charge in [-0.15, -0.1) is 0 Å². The van der Waals surface area contributed by atoms with Crippen molar-refractivity contribution in [1.82, 2.24) is 9.78 Å². The first-order valence-corrected chi connectivity index (χ1v) is 8.30. The lowest BCUT2D eigenvalue weighted by Gasteiger charge is -2.13. The van der Waals surface area contributed by atoms with Crippen molar-refractivity contribution in [2.45, 2.75) is 13.1 Å². The Morgan fingerprint density at radius 2 is 1.63 bits per heavy atom. The molecule has 6 heteroatoms. The van der Waals surface area contributed by atoms with Crippen LogP contribution in [0, 0.1) is 6.92 Å². The van der Waals surface area contributed by atoms with Gasteiger partial charge in [0.1, 0.15) is 5.75 Å². The number of fused-ring (bicyclic) bond motifs is 1. The first kappa shape index (κ1) is 17.1. The molecule has 3 aromatic carbocycles. The molecule has 0 aliphatic carbocycles. The molecule has 0 unspecified atom stereocenters. The van der Waals surface area contributed by atoms with Gasteiger partial charge < -0.3 is 5.11 Å². The zero-order valence-corrected chi connectivity index (χ0v) is 14.3. The van der Waals surface area contributed by atoms with Crippen molar-refractivity contribution in [3.05, 3.63) is 78.0 Å². The first-order chi connectivity index (χ1) is 12.9. The summed E-state index contributed by atoms with van der Waals surface area (Å²) in [6.07, 6.45) is -4.49. The maximum absolute atomic E-state index is 13.4. The van der Waals surface area contributed by atoms with E-state index >= 15 is 0 Å². The molecule has 0 saturated heterocycles. The second-order valence-electron chi connectivity index (χ2n) is 6.28. The van der Waals surface area contributed by atoms with Crippen LogP contribution in [-0.2, 0) is 6.18 Å². The minimum atomic E-state index is -4.49. The third kappa shape index (κ3) is 2.93. The number of hydrogen-bond acceptors (Lipinski definition) is 2. The monoisotopic (exact) mass is 368 g/mol. The molecule has 1 N–H and O–H groups in total. The van der Waals surface area contributed by atoms with Gasteiger partial charge in [-0.3, -0.25) is 0 Å². The van der Waals surface area contributed by atoms with E-state index in [1.807, 2.05) is 24.3 Å². The van der Waals surface area contributed by atoms with E-state index in [4.69, 9.17) is 0 Å². The standard InChI is InChI=1S/C21H15F3N2O/c1-13-12-18(16-11-10-14-6-2-3-7-15(14)20(16)27)25-26(13)19-9-5-4-8-17(19)21(22,23)24/h2-12,27H,1H3. The van der Waals surface area contributed by atoms with Crippen molar-refractivity contribution in [2.75, 3.05) is 0 Å². The highest BCUT2D eigenvalue weighted by molar-refractivity contribution is 5.94. The largest absolute Gasteiger partial charge is 0.507 e. The molecule has 0 amide bonds. The summed E-state index contributed by atoms with van der Waals surface area (Å²) in [5, 5.41) is 16.5. The molecule has 0 spiro atoms. The predicted molar refractivity (Wildman–Crippen MR) is 97.9 cm³/mol. The van der Waals surface area contributed by atoms with Crippen molar-refractivity contribution in [2.24, 2.45) is 0 Å². The number of rotatable bonds is 2. The van der Waals surface area contributed by atoms with Crippen LogP contribution < -0.4 is 0 Å². The molecule has 0 fully saturated rings. The summed E-state index contributed by atoms with van der Waals surface area (Å²) >= 11 is 0. The minimum absolute atomic E-state index is 0.0472. The summed E-state index contributed by atoms with van der Waals surface area (Å²) in [6, 6.07) is 17.9. The highest BCUT2D eigenvalue weighted by atomic mass is 19.4. The number of hydrogen-bond donors (Lipinski definition) is 1. The van der Waals surface area contributed by atoms with E-state index in [0.29, 0.717) is 22.3 Å². The Morgan fingerprint density at radius 1 is 0.926 bits per heavy atom. The number of halogens is 3. The Balaban J connectivity index is 1.88. The van der Waals surface area contributed by atoms with Gasteiger partial charge >= 0.3 is 6.18 Å². The number of phenolic OH excluding ortho intramolecular Hbond substituents is 1. The fourth-order valence-corrected chi connectivity index (χ4v) is 3.21. The molecule has 136 valence electrons. The van der Waals surface area contributed by atoms with E-state index in [2.05, 4.69) is 5.10 Å². The zero-order chi connectivity index (χ0) is 19.2. The van der Waals surface area contributed by atoms with Gasteiger partial charge in [0.05, 0.1) is 16.9 Å². The quantitative estimate of drug-likeness (QED) is 0.491. The Morgan fingerprint density at radius 3 is 2.41 bits per heavy atom. The van der Waals surface area contributed by atoms with E-state index in [9.17, 15) is 18.3 Å². The number of aromatic nitrogens is 2. The lowest BCUT2D eigenvalue weighted by atomic mass is 10.0. The Labute approximate surface area is 153 Å². The van der Waals surface area contributed by atoms with E-state index in [1.54, 1.807) is 31.2 Å². The topological polar surface area (TPSA) is 38.1 Å². The molecule has 0 saturated carbocycles. The van der Waals surface area contributed by atoms with Crippen molar-refractivity contribution < 1.29 is 18.3 Å². The molecule has 0 aliphatic rings. The lowest BCUT2D eigenvalue weighted by Crippen LogP contribution is -2.12. The molecule has 1 aromatic heterocycles. The molecule has 0 atom stereocenters. The number of aromatic hydroxyl groups is 1. The second-order valence-corrected chi connectivity index (χ2v) is 6.28. The van der Waals surface area contributed by atoms with E-state index in [1.165, 1.54) is 16.8 Å². The number of benzene rings is 3. The number of alkyl halides is 3. The molecule has 3 nitrogen and oxygen atoms in total. The normalized spacial score (nSPS) is 11.9. The van der Waals surface area contributed by atoms with E-state index < -0.39 is 11.7 Å². The van der Waals surface area contributed by atoms with Gasteiger partial charge in [-0.1, -0.05) is 42.5 Å². The Kier molecular flexibility index (Phi) is 3.91. The van der Waals surface area contributed by atoms with Crippen LogP contribution in [-0.4, -0.2) is 14.9 Å². The summed E-state index contributed by atoms with van der Waals surface area (Å²) in [7, 11) is 0. The highest BCUT2D eigenvalue weighted by Crippen LogP contribution is 2.37. The lowest BCUT2D eigenvalue weighted by molar-refractivity contribution is -0.137. The fraction of sp³-hybridized carbons (Fsp3) is 0.0952. The van der Waals surface area contributed by atoms with E-state index in [-0.39, 0.29) is 11.4 Å². The second kappa shape index (κ2) is 6.16. The number of phenols is 1. The van der Waals surface area contributed by atoms with Gasteiger partial charge in [-0.2, -0.15) is 18.3 Å². The summed E-state index contributed by atoms with van der Waals surface area (Å²) < 4.78 is 41.3. The van der Waals surface area contributed by atoms with Crippen molar-refractivity contribution in [3.63, 3.8) is 0 Å². The van der Waals surface area contributed by atoms with Crippen LogP contribution in [0.2, 0.25) is 0 Å². The maximum atomic E-state index is 13.4. The average molecular weight is 368 g/mol. The summed E-state index contributed by atoms with van der Waals surface area (Å²) in [5.41, 5.74) is 0.613. The van der Waals surface area contributed by atoms with Gasteiger partial charge in [-0.25, -0.2) is 4.68 Å². The van der Waals surface area contributed by atoms with Gasteiger partial charge in [0, 0.05) is 16.6 Å². The number of nitrogens with zero attached hydrogens (tertiary/aromatic N) is 2. The van der Waals surface area contributed by atoms with Gasteiger partial charge in [0.15, 0.2) is 0 Å². The first-order valence-electron chi connectivity index (χ1n) is 8.30. The number of aryl methyl sites for hydroxylation is 1. The van der Waals surface area contributed by atoms with Crippen LogP contribution in [0.15, 0.2) is 66.7 Å². The minimum Gasteiger partial charge on any atom is -0.507 e. The molecule has 1 heterocycles. The van der Waals surface area contributed by atoms with Crippen molar-refractivity contribution in [3.8, 4) is 22.7 Å². The molecule has 4 rings (SSSR count). The van der Waals surface area contributed by atoms with Crippen LogP contribution in [0.4, 0.5) is 13.2 Å². The van der Waals surface area contributed by atoms with Gasteiger partial charge in [-0.05, 0) is 36.6 Å². The SMILES string of the molecule is Cc1cc(-c2ccc3ccccc3c2O)nn1-c1ccccc1C(F)(F)F. The molecular formula is C21H15F3N2O. The average Bonchev–Trinajstić information content (AvgIpc) is 3.03. The fourth-order valence-electron chi connectivity index (χ4n) is 3.21. The van der Waals surface area contributed by atoms with Crippen LogP contribution in [0.25, 0.3) is 27.7 Å². The molecule has 0 aliphatic heterocycles. The highest BCUT2D eigenvalue weighted by Gasteiger charge is 2.34. The summed E-state index contributed by atoms with van der Waals surface area (Å²) in [6.45, 7) is 1.68. The molecule has 4 aromatic rings. The summed E-state index contributed by atoms with van der Waals surface area (Å²) in [5.74, 6) is 0.0573. The zero-order valence-electron chi connectivity index (χ0n) is 14.3. The van der Waals surface area contributed by atoms with Gasteiger partial charge in [0.25, 0.3) is 0 Å².